The molecular weight excluding hydrogens is 474 g/mol. The van der Waals surface area contributed by atoms with Gasteiger partial charge < -0.3 is 4.18 Å². The molecule has 3 aromatic carbocycles. The summed E-state index contributed by atoms with van der Waals surface area (Å²) < 4.78 is 30.2. The summed E-state index contributed by atoms with van der Waals surface area (Å²) in [6, 6.07) is 12.9. The van der Waals surface area contributed by atoms with Gasteiger partial charge in [-0.2, -0.15) is 13.5 Å². The van der Waals surface area contributed by atoms with Crippen LogP contribution < -0.4 is 9.61 Å². The SMILES string of the molecule is O=[N+]([O-])c1ccc(S(=O)(=O)Oc2ccccc2/C=N\Nc2ccc([N+](=O)[O-])cc2[N+](=O)[O-])cc1. The van der Waals surface area contributed by atoms with Gasteiger partial charge in [0.15, 0.2) is 5.75 Å². The standard InChI is InChI=1S/C19H13N5O9S/c25-22(26)14-5-8-16(9-6-14)34(31,32)33-19-4-2-1-3-13(19)12-20-21-17-10-7-15(23(27)28)11-18(17)24(29)30/h1-12,21H/b20-12-. The van der Waals surface area contributed by atoms with Crippen LogP contribution in [0.25, 0.3) is 0 Å². The Balaban J connectivity index is 1.83. The molecular formula is C19H13N5O9S. The first-order chi connectivity index (χ1) is 16.1. The number of nitrogens with zero attached hydrogens (tertiary/aromatic N) is 4. The number of benzene rings is 3. The van der Waals surface area contributed by atoms with Gasteiger partial charge in [-0.1, -0.05) is 12.1 Å². The van der Waals surface area contributed by atoms with Crippen LogP contribution in [-0.4, -0.2) is 29.4 Å². The van der Waals surface area contributed by atoms with Crippen molar-refractivity contribution in [2.24, 2.45) is 5.10 Å². The normalized spacial score (nSPS) is 11.2. The molecule has 14 nitrogen and oxygen atoms in total. The van der Waals surface area contributed by atoms with Crippen molar-refractivity contribution in [1.29, 1.82) is 0 Å². The molecule has 0 radical (unpaired) electrons. The first-order valence-electron chi connectivity index (χ1n) is 9.08. The van der Waals surface area contributed by atoms with E-state index in [-0.39, 0.29) is 27.6 Å². The number of hydrazone groups is 1. The zero-order chi connectivity index (χ0) is 24.9. The van der Waals surface area contributed by atoms with E-state index >= 15 is 0 Å². The second kappa shape index (κ2) is 9.70. The minimum atomic E-state index is -4.34. The van der Waals surface area contributed by atoms with Gasteiger partial charge in [0, 0.05) is 23.8 Å². The number of hydrogen-bond donors (Lipinski definition) is 1. The number of para-hydroxylation sites is 1. The fourth-order valence-electron chi connectivity index (χ4n) is 2.61. The maximum absolute atomic E-state index is 12.6. The average molecular weight is 487 g/mol. The highest BCUT2D eigenvalue weighted by molar-refractivity contribution is 7.87. The molecule has 0 saturated heterocycles. The van der Waals surface area contributed by atoms with E-state index in [9.17, 15) is 38.8 Å². The van der Waals surface area contributed by atoms with Crippen LogP contribution in [-0.2, 0) is 10.1 Å². The quantitative estimate of drug-likeness (QED) is 0.201. The second-order valence-corrected chi connectivity index (χ2v) is 7.96. The summed E-state index contributed by atoms with van der Waals surface area (Å²) in [5.74, 6) is -0.135. The molecule has 1 N–H and O–H groups in total. The van der Waals surface area contributed by atoms with Crippen LogP contribution in [0.1, 0.15) is 5.56 Å². The molecule has 0 amide bonds. The number of nitro benzene ring substituents is 3. The van der Waals surface area contributed by atoms with Gasteiger partial charge in [0.1, 0.15) is 10.6 Å². The average Bonchev–Trinajstić information content (AvgIpc) is 2.80. The number of rotatable bonds is 9. The fraction of sp³-hybridized carbons (Fsp3) is 0. The van der Waals surface area contributed by atoms with E-state index in [1.807, 2.05) is 0 Å². The topological polar surface area (TPSA) is 197 Å². The van der Waals surface area contributed by atoms with Crippen LogP contribution in [0.3, 0.4) is 0 Å². The molecule has 0 aliphatic heterocycles. The van der Waals surface area contributed by atoms with E-state index in [0.29, 0.717) is 0 Å². The monoisotopic (exact) mass is 487 g/mol. The van der Waals surface area contributed by atoms with Crippen molar-refractivity contribution >= 4 is 39.1 Å². The van der Waals surface area contributed by atoms with E-state index in [0.717, 1.165) is 48.7 Å². The third-order valence-electron chi connectivity index (χ3n) is 4.23. The van der Waals surface area contributed by atoms with Crippen molar-refractivity contribution in [3.63, 3.8) is 0 Å². The molecule has 0 atom stereocenters. The third kappa shape index (κ3) is 5.46. The van der Waals surface area contributed by atoms with Crippen LogP contribution in [0, 0.1) is 30.3 Å². The van der Waals surface area contributed by atoms with Crippen molar-refractivity contribution in [1.82, 2.24) is 0 Å². The van der Waals surface area contributed by atoms with E-state index in [1.54, 1.807) is 6.07 Å². The molecule has 0 fully saturated rings. The number of nitrogens with one attached hydrogen (secondary N) is 1. The summed E-state index contributed by atoms with van der Waals surface area (Å²) in [4.78, 5) is 30.2. The minimum Gasteiger partial charge on any atom is -0.378 e. The van der Waals surface area contributed by atoms with Crippen LogP contribution in [0.4, 0.5) is 22.7 Å². The molecule has 0 saturated carbocycles. The molecule has 0 aromatic heterocycles. The molecule has 174 valence electrons. The van der Waals surface area contributed by atoms with Crippen LogP contribution in [0.5, 0.6) is 5.75 Å². The van der Waals surface area contributed by atoms with Crippen LogP contribution in [0.2, 0.25) is 0 Å². The smallest absolute Gasteiger partial charge is 0.339 e. The van der Waals surface area contributed by atoms with Gasteiger partial charge in [0.05, 0.1) is 27.1 Å². The van der Waals surface area contributed by atoms with Crippen molar-refractivity contribution in [3.8, 4) is 5.75 Å². The Labute approximate surface area is 190 Å². The predicted octanol–water partition coefficient (Wildman–Crippen LogP) is 3.62. The van der Waals surface area contributed by atoms with E-state index in [1.165, 1.54) is 18.2 Å². The van der Waals surface area contributed by atoms with Crippen molar-refractivity contribution in [3.05, 3.63) is 103 Å². The maximum Gasteiger partial charge on any atom is 0.339 e. The molecule has 0 heterocycles. The van der Waals surface area contributed by atoms with Crippen molar-refractivity contribution in [2.45, 2.75) is 4.90 Å². The van der Waals surface area contributed by atoms with Gasteiger partial charge in [-0.15, -0.1) is 0 Å². The molecule has 3 rings (SSSR count). The molecule has 0 spiro atoms. The lowest BCUT2D eigenvalue weighted by molar-refractivity contribution is -0.393. The molecule has 0 aliphatic carbocycles. The Hall–Kier alpha value is -4.92. The number of anilines is 1. The van der Waals surface area contributed by atoms with Gasteiger partial charge in [-0.25, -0.2) is 0 Å². The minimum absolute atomic E-state index is 0.135. The van der Waals surface area contributed by atoms with Crippen molar-refractivity contribution < 1.29 is 27.4 Å². The first kappa shape index (κ1) is 23.7. The number of non-ortho nitro benzene ring substituents is 2. The summed E-state index contributed by atoms with van der Waals surface area (Å²) in [5.41, 5.74) is 1.06. The zero-order valence-corrected chi connectivity index (χ0v) is 17.6. The molecule has 0 aliphatic rings. The molecule has 15 heteroatoms. The number of nitro groups is 3. The largest absolute Gasteiger partial charge is 0.378 e. The summed E-state index contributed by atoms with van der Waals surface area (Å²) in [5, 5.41) is 36.6. The lowest BCUT2D eigenvalue weighted by atomic mass is 10.2. The summed E-state index contributed by atoms with van der Waals surface area (Å²) in [6.45, 7) is 0. The Morgan fingerprint density at radius 2 is 1.44 bits per heavy atom. The summed E-state index contributed by atoms with van der Waals surface area (Å²) in [7, 11) is -4.34. The Morgan fingerprint density at radius 3 is 2.06 bits per heavy atom. The van der Waals surface area contributed by atoms with E-state index in [4.69, 9.17) is 4.18 Å². The highest BCUT2D eigenvalue weighted by atomic mass is 32.2. The third-order valence-corrected chi connectivity index (χ3v) is 5.48. The zero-order valence-electron chi connectivity index (χ0n) is 16.8. The second-order valence-electron chi connectivity index (χ2n) is 6.41. The highest BCUT2D eigenvalue weighted by Crippen LogP contribution is 2.29. The summed E-state index contributed by atoms with van der Waals surface area (Å²) in [6.07, 6.45) is 1.13. The fourth-order valence-corrected chi connectivity index (χ4v) is 3.57. The van der Waals surface area contributed by atoms with E-state index < -0.39 is 36.3 Å². The van der Waals surface area contributed by atoms with Gasteiger partial charge in [0.2, 0.25) is 0 Å². The van der Waals surface area contributed by atoms with Gasteiger partial charge in [-0.05, 0) is 30.3 Å². The van der Waals surface area contributed by atoms with Crippen molar-refractivity contribution in [2.75, 3.05) is 5.43 Å². The van der Waals surface area contributed by atoms with Crippen LogP contribution >= 0.6 is 0 Å². The van der Waals surface area contributed by atoms with E-state index in [2.05, 4.69) is 10.5 Å². The Bertz CT molecular complexity index is 1410. The first-order valence-corrected chi connectivity index (χ1v) is 10.5. The number of hydrogen-bond acceptors (Lipinski definition) is 11. The Morgan fingerprint density at radius 1 is 0.824 bits per heavy atom. The molecule has 0 unspecified atom stereocenters. The lowest BCUT2D eigenvalue weighted by Crippen LogP contribution is -2.11. The van der Waals surface area contributed by atoms with Gasteiger partial charge in [0.25, 0.3) is 11.4 Å². The predicted molar refractivity (Wildman–Crippen MR) is 118 cm³/mol. The Kier molecular flexibility index (Phi) is 6.77. The molecule has 3 aromatic rings. The summed E-state index contributed by atoms with van der Waals surface area (Å²) >= 11 is 0. The molecule has 34 heavy (non-hydrogen) atoms. The lowest BCUT2D eigenvalue weighted by Gasteiger charge is -2.09. The maximum atomic E-state index is 12.6. The molecule has 0 bridgehead atoms. The highest BCUT2D eigenvalue weighted by Gasteiger charge is 2.21. The van der Waals surface area contributed by atoms with Gasteiger partial charge in [-0.3, -0.25) is 35.8 Å². The van der Waals surface area contributed by atoms with Crippen LogP contribution in [0.15, 0.2) is 76.7 Å². The van der Waals surface area contributed by atoms with Gasteiger partial charge >= 0.3 is 15.8 Å².